The fourth-order valence-electron chi connectivity index (χ4n) is 2.46. The number of benzene rings is 1. The second kappa shape index (κ2) is 7.78. The van der Waals surface area contributed by atoms with Gasteiger partial charge in [0.25, 0.3) is 0 Å². The second-order valence-electron chi connectivity index (χ2n) is 5.30. The molecule has 6 heteroatoms. The summed E-state index contributed by atoms with van der Waals surface area (Å²) in [7, 11) is 1.49. The monoisotopic (exact) mass is 318 g/mol. The van der Waals surface area contributed by atoms with Crippen LogP contribution >= 0.6 is 0 Å². The van der Waals surface area contributed by atoms with E-state index in [-0.39, 0.29) is 18.5 Å². The lowest BCUT2D eigenvalue weighted by Gasteiger charge is -2.06. The normalized spacial score (nSPS) is 10.7. The van der Waals surface area contributed by atoms with Gasteiger partial charge >= 0.3 is 5.97 Å². The molecule has 0 saturated carbocycles. The van der Waals surface area contributed by atoms with Crippen molar-refractivity contribution >= 4 is 22.8 Å². The molecule has 1 amide bonds. The molecule has 2 N–H and O–H groups in total. The van der Waals surface area contributed by atoms with Gasteiger partial charge in [-0.3, -0.25) is 9.59 Å². The number of carbonyl (C=O) groups is 2. The number of aromatic nitrogens is 1. The summed E-state index contributed by atoms with van der Waals surface area (Å²) >= 11 is 0. The van der Waals surface area contributed by atoms with Gasteiger partial charge in [0.05, 0.1) is 0 Å². The maximum atomic E-state index is 11.4. The number of amides is 1. The van der Waals surface area contributed by atoms with E-state index in [1.54, 1.807) is 13.0 Å². The molecule has 124 valence electrons. The van der Waals surface area contributed by atoms with Crippen LogP contribution in [-0.4, -0.2) is 37.1 Å². The molecule has 0 spiro atoms. The van der Waals surface area contributed by atoms with Crippen molar-refractivity contribution in [1.82, 2.24) is 10.3 Å². The fourth-order valence-corrected chi connectivity index (χ4v) is 2.46. The first-order valence-corrected chi connectivity index (χ1v) is 7.62. The number of ether oxygens (including phenoxy) is 2. The van der Waals surface area contributed by atoms with Gasteiger partial charge in [-0.25, -0.2) is 0 Å². The van der Waals surface area contributed by atoms with Gasteiger partial charge in [-0.2, -0.15) is 0 Å². The molecule has 0 unspecified atom stereocenters. The van der Waals surface area contributed by atoms with Crippen LogP contribution in [0.25, 0.3) is 10.9 Å². The lowest BCUT2D eigenvalue weighted by Crippen LogP contribution is -2.29. The Labute approximate surface area is 135 Å². The number of esters is 1. The molecule has 1 aromatic carbocycles. The van der Waals surface area contributed by atoms with Crippen molar-refractivity contribution < 1.29 is 19.1 Å². The number of aromatic amines is 1. The van der Waals surface area contributed by atoms with Crippen molar-refractivity contribution in [2.45, 2.75) is 26.7 Å². The fraction of sp³-hybridized carbons (Fsp3) is 0.412. The molecule has 6 nitrogen and oxygen atoms in total. The van der Waals surface area contributed by atoms with Gasteiger partial charge in [0, 0.05) is 36.7 Å². The zero-order chi connectivity index (χ0) is 16.8. The van der Waals surface area contributed by atoms with Crippen LogP contribution in [-0.2, 0) is 20.7 Å². The van der Waals surface area contributed by atoms with Gasteiger partial charge in [0.1, 0.15) is 12.4 Å². The Bertz CT molecular complexity index is 706. The van der Waals surface area contributed by atoms with Crippen molar-refractivity contribution in [2.75, 3.05) is 20.3 Å². The summed E-state index contributed by atoms with van der Waals surface area (Å²) in [6, 6.07) is 5.53. The molecule has 0 aliphatic rings. The number of carbonyl (C=O) groups excluding carboxylic acids is 2. The molecule has 0 radical (unpaired) electrons. The van der Waals surface area contributed by atoms with Crippen LogP contribution in [0, 0.1) is 6.92 Å². The lowest BCUT2D eigenvalue weighted by atomic mass is 10.1. The van der Waals surface area contributed by atoms with E-state index in [1.807, 2.05) is 19.1 Å². The Hall–Kier alpha value is -2.34. The second-order valence-corrected chi connectivity index (χ2v) is 5.30. The molecule has 0 saturated heterocycles. The maximum absolute atomic E-state index is 11.4. The third kappa shape index (κ3) is 4.32. The molecule has 0 atom stereocenters. The first-order chi connectivity index (χ1) is 11.0. The Kier molecular flexibility index (Phi) is 5.76. The number of fused-ring (bicyclic) bond motifs is 1. The standard InChI is InChI=1S/C17H22N2O4/c1-4-17(21)23-12-5-6-15-14(9-12)13(11(2)19-15)7-8-18-16(20)10-22-3/h5-6,9,19H,4,7-8,10H2,1-3H3,(H,18,20). The van der Waals surface area contributed by atoms with E-state index in [0.717, 1.165) is 22.2 Å². The quantitative estimate of drug-likeness (QED) is 0.605. The van der Waals surface area contributed by atoms with Gasteiger partial charge in [-0.15, -0.1) is 0 Å². The molecule has 0 bridgehead atoms. The summed E-state index contributed by atoms with van der Waals surface area (Å²) in [6.07, 6.45) is 1.02. The Morgan fingerprint density at radius 3 is 2.78 bits per heavy atom. The van der Waals surface area contributed by atoms with Gasteiger partial charge in [-0.05, 0) is 37.1 Å². The van der Waals surface area contributed by atoms with E-state index in [9.17, 15) is 9.59 Å². The highest BCUT2D eigenvalue weighted by Gasteiger charge is 2.11. The summed E-state index contributed by atoms with van der Waals surface area (Å²) in [5.41, 5.74) is 3.13. The Morgan fingerprint density at radius 2 is 2.09 bits per heavy atom. The molecule has 1 aromatic heterocycles. The lowest BCUT2D eigenvalue weighted by molar-refractivity contribution is -0.134. The minimum absolute atomic E-state index is 0.0595. The molecule has 0 aliphatic heterocycles. The maximum Gasteiger partial charge on any atom is 0.310 e. The molecule has 2 aromatic rings. The van der Waals surface area contributed by atoms with Gasteiger partial charge in [-0.1, -0.05) is 6.92 Å². The van der Waals surface area contributed by atoms with E-state index < -0.39 is 0 Å². The zero-order valence-corrected chi connectivity index (χ0v) is 13.7. The third-order valence-electron chi connectivity index (χ3n) is 3.58. The molecule has 0 aliphatic carbocycles. The van der Waals surface area contributed by atoms with Crippen LogP contribution in [0.1, 0.15) is 24.6 Å². The van der Waals surface area contributed by atoms with Crippen molar-refractivity contribution in [3.63, 3.8) is 0 Å². The summed E-state index contributed by atoms with van der Waals surface area (Å²) < 4.78 is 10.1. The largest absolute Gasteiger partial charge is 0.427 e. The third-order valence-corrected chi connectivity index (χ3v) is 3.58. The average molecular weight is 318 g/mol. The summed E-state index contributed by atoms with van der Waals surface area (Å²) in [5, 5.41) is 3.81. The van der Waals surface area contributed by atoms with Crippen molar-refractivity contribution in [3.8, 4) is 5.75 Å². The number of hydrogen-bond acceptors (Lipinski definition) is 4. The van der Waals surface area contributed by atoms with E-state index in [0.29, 0.717) is 25.1 Å². The molecule has 0 fully saturated rings. The van der Waals surface area contributed by atoms with Crippen LogP contribution < -0.4 is 10.1 Å². The first-order valence-electron chi connectivity index (χ1n) is 7.62. The smallest absolute Gasteiger partial charge is 0.310 e. The predicted molar refractivity (Wildman–Crippen MR) is 87.6 cm³/mol. The number of methoxy groups -OCH3 is 1. The number of hydrogen-bond donors (Lipinski definition) is 2. The minimum Gasteiger partial charge on any atom is -0.427 e. The number of rotatable bonds is 7. The van der Waals surface area contributed by atoms with Crippen LogP contribution in [0.4, 0.5) is 0 Å². The van der Waals surface area contributed by atoms with Crippen LogP contribution in [0.2, 0.25) is 0 Å². The topological polar surface area (TPSA) is 80.4 Å². The van der Waals surface area contributed by atoms with Crippen LogP contribution in [0.5, 0.6) is 5.75 Å². The highest BCUT2D eigenvalue weighted by molar-refractivity contribution is 5.87. The van der Waals surface area contributed by atoms with E-state index in [2.05, 4.69) is 10.3 Å². The Morgan fingerprint density at radius 1 is 1.30 bits per heavy atom. The molecular weight excluding hydrogens is 296 g/mol. The van der Waals surface area contributed by atoms with E-state index in [1.165, 1.54) is 7.11 Å². The number of H-pyrrole nitrogens is 1. The average Bonchev–Trinajstić information content (AvgIpc) is 2.83. The van der Waals surface area contributed by atoms with Gasteiger partial charge < -0.3 is 19.8 Å². The number of aryl methyl sites for hydroxylation is 1. The van der Waals surface area contributed by atoms with Crippen molar-refractivity contribution in [1.29, 1.82) is 0 Å². The van der Waals surface area contributed by atoms with Crippen LogP contribution in [0.15, 0.2) is 18.2 Å². The van der Waals surface area contributed by atoms with Crippen molar-refractivity contribution in [3.05, 3.63) is 29.5 Å². The Balaban J connectivity index is 2.14. The SMILES string of the molecule is CCC(=O)Oc1ccc2[nH]c(C)c(CCNC(=O)COC)c2c1. The molecule has 23 heavy (non-hydrogen) atoms. The summed E-state index contributed by atoms with van der Waals surface area (Å²) in [5.74, 6) is 0.139. The summed E-state index contributed by atoms with van der Waals surface area (Å²) in [4.78, 5) is 26.2. The first kappa shape index (κ1) is 17.0. The highest BCUT2D eigenvalue weighted by atomic mass is 16.5. The van der Waals surface area contributed by atoms with Crippen molar-refractivity contribution in [2.24, 2.45) is 0 Å². The summed E-state index contributed by atoms with van der Waals surface area (Å²) in [6.45, 7) is 4.33. The highest BCUT2D eigenvalue weighted by Crippen LogP contribution is 2.27. The zero-order valence-electron chi connectivity index (χ0n) is 13.7. The van der Waals surface area contributed by atoms with Gasteiger partial charge in [0.2, 0.25) is 5.91 Å². The molecular formula is C17H22N2O4. The minimum atomic E-state index is -0.259. The van der Waals surface area contributed by atoms with Crippen LogP contribution in [0.3, 0.4) is 0 Å². The molecule has 1 heterocycles. The predicted octanol–water partition coefficient (Wildman–Crippen LogP) is 2.10. The molecule has 2 rings (SSSR count). The van der Waals surface area contributed by atoms with E-state index >= 15 is 0 Å². The number of nitrogens with one attached hydrogen (secondary N) is 2. The van der Waals surface area contributed by atoms with Gasteiger partial charge in [0.15, 0.2) is 0 Å². The van der Waals surface area contributed by atoms with E-state index in [4.69, 9.17) is 9.47 Å².